The Balaban J connectivity index is 1.81. The van der Waals surface area contributed by atoms with Crippen LogP contribution in [0.3, 0.4) is 0 Å². The second-order valence-corrected chi connectivity index (χ2v) is 7.15. The summed E-state index contributed by atoms with van der Waals surface area (Å²) in [6, 6.07) is 6.08. The minimum atomic E-state index is -0.300. The lowest BCUT2D eigenvalue weighted by Gasteiger charge is -2.30. The summed E-state index contributed by atoms with van der Waals surface area (Å²) in [5, 5.41) is 7.61. The van der Waals surface area contributed by atoms with E-state index in [0.29, 0.717) is 23.7 Å². The summed E-state index contributed by atoms with van der Waals surface area (Å²) < 4.78 is 14.9. The summed E-state index contributed by atoms with van der Waals surface area (Å²) in [6.45, 7) is 4.12. The molecule has 1 aromatic heterocycles. The van der Waals surface area contributed by atoms with E-state index in [-0.39, 0.29) is 17.8 Å². The molecule has 1 atom stereocenters. The summed E-state index contributed by atoms with van der Waals surface area (Å²) >= 11 is 0. The molecule has 0 bridgehead atoms. The maximum atomic E-state index is 13.2. The lowest BCUT2D eigenvalue weighted by Crippen LogP contribution is -2.46. The van der Waals surface area contributed by atoms with Crippen molar-refractivity contribution in [1.82, 2.24) is 15.1 Å². The number of nitrogens with zero attached hydrogens (tertiary/aromatic N) is 2. The number of amides is 1. The smallest absolute Gasteiger partial charge is 0.255 e. The van der Waals surface area contributed by atoms with E-state index in [4.69, 9.17) is 5.73 Å². The Hall–Kier alpha value is -2.21. The standard InChI is InChI=1S/C20H27FN4O/c1-13-19(14(2)25(24-13)17-10-8-16(21)9-11-17)20(26)23-18(12-22)15-6-4-3-5-7-15/h8-11,15,18H,3-7,12,22H2,1-2H3,(H,23,26). The van der Waals surface area contributed by atoms with Gasteiger partial charge in [0.05, 0.1) is 22.6 Å². The van der Waals surface area contributed by atoms with Gasteiger partial charge in [-0.05, 0) is 56.9 Å². The van der Waals surface area contributed by atoms with Gasteiger partial charge in [-0.2, -0.15) is 5.10 Å². The summed E-state index contributed by atoms with van der Waals surface area (Å²) in [6.07, 6.45) is 5.92. The molecule has 0 saturated heterocycles. The first-order valence-electron chi connectivity index (χ1n) is 9.34. The van der Waals surface area contributed by atoms with Crippen LogP contribution in [-0.2, 0) is 0 Å². The predicted octanol–water partition coefficient (Wildman–Crippen LogP) is 3.27. The first-order chi connectivity index (χ1) is 12.5. The Bertz CT molecular complexity index is 763. The normalized spacial score (nSPS) is 16.5. The van der Waals surface area contributed by atoms with Crippen LogP contribution >= 0.6 is 0 Å². The molecule has 1 amide bonds. The number of hydrogen-bond donors (Lipinski definition) is 2. The lowest BCUT2D eigenvalue weighted by molar-refractivity contribution is 0.0914. The molecule has 2 aromatic rings. The largest absolute Gasteiger partial charge is 0.348 e. The number of rotatable bonds is 5. The van der Waals surface area contributed by atoms with Crippen molar-refractivity contribution in [3.05, 3.63) is 47.0 Å². The first kappa shape index (κ1) is 18.6. The monoisotopic (exact) mass is 358 g/mol. The van der Waals surface area contributed by atoms with E-state index in [9.17, 15) is 9.18 Å². The number of aryl methyl sites for hydroxylation is 1. The van der Waals surface area contributed by atoms with Gasteiger partial charge >= 0.3 is 0 Å². The highest BCUT2D eigenvalue weighted by Crippen LogP contribution is 2.27. The van der Waals surface area contributed by atoms with Crippen molar-refractivity contribution >= 4 is 5.91 Å². The Kier molecular flexibility index (Phi) is 5.71. The molecule has 1 heterocycles. The van der Waals surface area contributed by atoms with Crippen molar-refractivity contribution in [3.8, 4) is 5.69 Å². The highest BCUT2D eigenvalue weighted by atomic mass is 19.1. The van der Waals surface area contributed by atoms with Crippen LogP contribution in [0.25, 0.3) is 5.69 Å². The van der Waals surface area contributed by atoms with Crippen molar-refractivity contribution in [3.63, 3.8) is 0 Å². The molecule has 1 aliphatic rings. The van der Waals surface area contributed by atoms with Gasteiger partial charge in [0.2, 0.25) is 0 Å². The third-order valence-corrected chi connectivity index (χ3v) is 5.38. The number of nitrogens with one attached hydrogen (secondary N) is 1. The second kappa shape index (κ2) is 7.99. The third kappa shape index (κ3) is 3.80. The number of halogens is 1. The SMILES string of the molecule is Cc1nn(-c2ccc(F)cc2)c(C)c1C(=O)NC(CN)C1CCCCC1. The highest BCUT2D eigenvalue weighted by Gasteiger charge is 2.27. The number of carbonyl (C=O) groups excluding carboxylic acids is 1. The molecular weight excluding hydrogens is 331 g/mol. The van der Waals surface area contributed by atoms with E-state index in [2.05, 4.69) is 10.4 Å². The Morgan fingerprint density at radius 3 is 2.54 bits per heavy atom. The molecule has 0 spiro atoms. The van der Waals surface area contributed by atoms with Gasteiger partial charge in [-0.25, -0.2) is 9.07 Å². The van der Waals surface area contributed by atoms with Crippen molar-refractivity contribution < 1.29 is 9.18 Å². The molecule has 1 fully saturated rings. The van der Waals surface area contributed by atoms with E-state index in [1.807, 2.05) is 13.8 Å². The number of nitrogens with two attached hydrogens (primary N) is 1. The fourth-order valence-corrected chi connectivity index (χ4v) is 3.95. The maximum absolute atomic E-state index is 13.2. The van der Waals surface area contributed by atoms with Crippen molar-refractivity contribution in [1.29, 1.82) is 0 Å². The molecule has 5 nitrogen and oxygen atoms in total. The molecule has 26 heavy (non-hydrogen) atoms. The quantitative estimate of drug-likeness (QED) is 0.862. The highest BCUT2D eigenvalue weighted by molar-refractivity contribution is 5.96. The molecular formula is C20H27FN4O. The summed E-state index contributed by atoms with van der Waals surface area (Å²) in [4.78, 5) is 12.9. The molecule has 1 saturated carbocycles. The zero-order chi connectivity index (χ0) is 18.7. The van der Waals surface area contributed by atoms with Gasteiger partial charge in [-0.3, -0.25) is 4.79 Å². The minimum absolute atomic E-state index is 0.00392. The third-order valence-electron chi connectivity index (χ3n) is 5.38. The van der Waals surface area contributed by atoms with E-state index >= 15 is 0 Å². The number of benzene rings is 1. The van der Waals surface area contributed by atoms with Crippen LogP contribution in [0, 0.1) is 25.6 Å². The topological polar surface area (TPSA) is 72.9 Å². The van der Waals surface area contributed by atoms with Gasteiger partial charge in [0.15, 0.2) is 0 Å². The average Bonchev–Trinajstić information content (AvgIpc) is 2.95. The molecule has 140 valence electrons. The van der Waals surface area contributed by atoms with E-state index < -0.39 is 0 Å². The van der Waals surface area contributed by atoms with Gasteiger partial charge < -0.3 is 11.1 Å². The van der Waals surface area contributed by atoms with E-state index in [1.165, 1.54) is 31.4 Å². The predicted molar refractivity (Wildman–Crippen MR) is 99.9 cm³/mol. The molecule has 0 aliphatic heterocycles. The number of aromatic nitrogens is 2. The Morgan fingerprint density at radius 1 is 1.27 bits per heavy atom. The Morgan fingerprint density at radius 2 is 1.92 bits per heavy atom. The molecule has 3 N–H and O–H groups in total. The average molecular weight is 358 g/mol. The van der Waals surface area contributed by atoms with Crippen LogP contribution in [0.15, 0.2) is 24.3 Å². The van der Waals surface area contributed by atoms with Gasteiger partial charge in [0.25, 0.3) is 5.91 Å². The van der Waals surface area contributed by atoms with Crippen LogP contribution in [0.2, 0.25) is 0 Å². The molecule has 0 radical (unpaired) electrons. The number of hydrogen-bond acceptors (Lipinski definition) is 3. The zero-order valence-electron chi connectivity index (χ0n) is 15.5. The van der Waals surface area contributed by atoms with Crippen LogP contribution in [0.4, 0.5) is 4.39 Å². The minimum Gasteiger partial charge on any atom is -0.348 e. The summed E-state index contributed by atoms with van der Waals surface area (Å²) in [7, 11) is 0. The Labute approximate surface area is 153 Å². The molecule has 1 aliphatic carbocycles. The summed E-state index contributed by atoms with van der Waals surface area (Å²) in [5.74, 6) is 0.0198. The van der Waals surface area contributed by atoms with Crippen LogP contribution < -0.4 is 11.1 Å². The number of carbonyl (C=O) groups is 1. The van der Waals surface area contributed by atoms with Gasteiger partial charge in [0, 0.05) is 12.6 Å². The fraction of sp³-hybridized carbons (Fsp3) is 0.500. The van der Waals surface area contributed by atoms with Gasteiger partial charge in [0.1, 0.15) is 5.82 Å². The van der Waals surface area contributed by atoms with Gasteiger partial charge in [-0.15, -0.1) is 0 Å². The lowest BCUT2D eigenvalue weighted by atomic mass is 9.84. The van der Waals surface area contributed by atoms with Crippen molar-refractivity contribution in [2.24, 2.45) is 11.7 Å². The van der Waals surface area contributed by atoms with Crippen LogP contribution in [0.5, 0.6) is 0 Å². The maximum Gasteiger partial charge on any atom is 0.255 e. The van der Waals surface area contributed by atoms with E-state index in [0.717, 1.165) is 24.2 Å². The zero-order valence-corrected chi connectivity index (χ0v) is 15.5. The molecule has 1 unspecified atom stereocenters. The molecule has 6 heteroatoms. The van der Waals surface area contributed by atoms with E-state index in [1.54, 1.807) is 16.8 Å². The first-order valence-corrected chi connectivity index (χ1v) is 9.34. The van der Waals surface area contributed by atoms with Crippen molar-refractivity contribution in [2.75, 3.05) is 6.54 Å². The van der Waals surface area contributed by atoms with Gasteiger partial charge in [-0.1, -0.05) is 19.3 Å². The van der Waals surface area contributed by atoms with Crippen molar-refractivity contribution in [2.45, 2.75) is 52.0 Å². The fourth-order valence-electron chi connectivity index (χ4n) is 3.95. The molecule has 1 aromatic carbocycles. The van der Waals surface area contributed by atoms with Crippen LogP contribution in [-0.4, -0.2) is 28.3 Å². The second-order valence-electron chi connectivity index (χ2n) is 7.15. The summed E-state index contributed by atoms with van der Waals surface area (Å²) in [5.41, 5.74) is 8.65. The molecule has 3 rings (SSSR count). The van der Waals surface area contributed by atoms with Crippen LogP contribution in [0.1, 0.15) is 53.8 Å².